The number of hydrogen-bond acceptors (Lipinski definition) is 2. The fourth-order valence-electron chi connectivity index (χ4n) is 1.86. The lowest BCUT2D eigenvalue weighted by molar-refractivity contribution is 0.103. The van der Waals surface area contributed by atoms with Crippen molar-refractivity contribution in [2.24, 2.45) is 0 Å². The summed E-state index contributed by atoms with van der Waals surface area (Å²) in [5.41, 5.74) is 1.82. The van der Waals surface area contributed by atoms with Crippen molar-refractivity contribution < 1.29 is 9.18 Å². The normalized spacial score (nSPS) is 10.4. The standard InChI is InChI=1S/C14H11ClFNO/c1-8-5-9(2)13(11(16)6-8)14(18)10-3-4-12(15)17-7-10/h3-7H,1-2H3. The topological polar surface area (TPSA) is 30.0 Å². The fraction of sp³-hybridized carbons (Fsp3) is 0.143. The molecule has 0 atom stereocenters. The highest BCUT2D eigenvalue weighted by Crippen LogP contribution is 2.19. The molecule has 0 fully saturated rings. The summed E-state index contributed by atoms with van der Waals surface area (Å²) in [6.07, 6.45) is 1.35. The van der Waals surface area contributed by atoms with E-state index in [1.165, 1.54) is 24.4 Å². The zero-order valence-corrected chi connectivity index (χ0v) is 10.8. The Bertz CT molecular complexity index is 585. The lowest BCUT2D eigenvalue weighted by Crippen LogP contribution is -2.07. The Hall–Kier alpha value is -1.74. The molecule has 0 unspecified atom stereocenters. The van der Waals surface area contributed by atoms with Crippen LogP contribution >= 0.6 is 11.6 Å². The maximum Gasteiger partial charge on any atom is 0.197 e. The highest BCUT2D eigenvalue weighted by Gasteiger charge is 2.17. The SMILES string of the molecule is Cc1cc(C)c(C(=O)c2ccc(Cl)nc2)c(F)c1. The Balaban J connectivity index is 2.49. The first kappa shape index (κ1) is 12.7. The molecule has 0 saturated heterocycles. The van der Waals surface area contributed by atoms with Crippen molar-refractivity contribution in [3.05, 3.63) is 63.7 Å². The van der Waals surface area contributed by atoms with Gasteiger partial charge >= 0.3 is 0 Å². The van der Waals surface area contributed by atoms with Crippen LogP contribution in [-0.2, 0) is 0 Å². The Morgan fingerprint density at radius 2 is 2.00 bits per heavy atom. The van der Waals surface area contributed by atoms with Crippen LogP contribution in [0.2, 0.25) is 5.15 Å². The first-order chi connectivity index (χ1) is 8.49. The predicted octanol–water partition coefficient (Wildman–Crippen LogP) is 3.72. The highest BCUT2D eigenvalue weighted by atomic mass is 35.5. The number of rotatable bonds is 2. The van der Waals surface area contributed by atoms with Crippen LogP contribution in [0.3, 0.4) is 0 Å². The number of hydrogen-bond donors (Lipinski definition) is 0. The van der Waals surface area contributed by atoms with E-state index in [2.05, 4.69) is 4.98 Å². The third-order valence-corrected chi connectivity index (χ3v) is 2.87. The van der Waals surface area contributed by atoms with E-state index in [1.807, 2.05) is 0 Å². The van der Waals surface area contributed by atoms with Gasteiger partial charge in [0.25, 0.3) is 0 Å². The van der Waals surface area contributed by atoms with Gasteiger partial charge in [0.2, 0.25) is 0 Å². The smallest absolute Gasteiger partial charge is 0.197 e. The van der Waals surface area contributed by atoms with Gasteiger partial charge in [0.05, 0.1) is 5.56 Å². The number of benzene rings is 1. The zero-order valence-electron chi connectivity index (χ0n) is 10.00. The lowest BCUT2D eigenvalue weighted by Gasteiger charge is -2.07. The van der Waals surface area contributed by atoms with Gasteiger partial charge in [0, 0.05) is 11.8 Å². The van der Waals surface area contributed by atoms with Crippen LogP contribution in [0, 0.1) is 19.7 Å². The molecule has 4 heteroatoms. The van der Waals surface area contributed by atoms with Gasteiger partial charge in [0.1, 0.15) is 11.0 Å². The minimum absolute atomic E-state index is 0.0877. The number of pyridine rings is 1. The van der Waals surface area contributed by atoms with Gasteiger partial charge in [-0.05, 0) is 43.2 Å². The van der Waals surface area contributed by atoms with Gasteiger partial charge in [0.15, 0.2) is 5.78 Å². The molecule has 0 radical (unpaired) electrons. The molecule has 0 amide bonds. The third kappa shape index (κ3) is 2.41. The molecule has 1 heterocycles. The molecule has 0 N–H and O–H groups in total. The number of carbonyl (C=O) groups is 1. The maximum atomic E-state index is 13.9. The molecule has 92 valence electrons. The summed E-state index contributed by atoms with van der Waals surface area (Å²) in [6.45, 7) is 3.50. The molecule has 0 bridgehead atoms. The molecule has 0 aliphatic rings. The van der Waals surface area contributed by atoms with Crippen molar-refractivity contribution in [2.75, 3.05) is 0 Å². The van der Waals surface area contributed by atoms with E-state index in [9.17, 15) is 9.18 Å². The quantitative estimate of drug-likeness (QED) is 0.610. The van der Waals surface area contributed by atoms with Gasteiger partial charge in [-0.2, -0.15) is 0 Å². The molecule has 1 aromatic heterocycles. The second kappa shape index (κ2) is 4.86. The van der Waals surface area contributed by atoms with Crippen molar-refractivity contribution >= 4 is 17.4 Å². The molecule has 2 nitrogen and oxygen atoms in total. The number of ketones is 1. The van der Waals surface area contributed by atoms with Crippen molar-refractivity contribution in [1.82, 2.24) is 4.98 Å². The third-order valence-electron chi connectivity index (χ3n) is 2.65. The largest absolute Gasteiger partial charge is 0.288 e. The summed E-state index contributed by atoms with van der Waals surface area (Å²) in [5, 5.41) is 0.299. The van der Waals surface area contributed by atoms with E-state index in [0.29, 0.717) is 16.3 Å². The van der Waals surface area contributed by atoms with E-state index in [4.69, 9.17) is 11.6 Å². The average molecular weight is 264 g/mol. The van der Waals surface area contributed by atoms with Crippen LogP contribution in [0.4, 0.5) is 4.39 Å². The number of nitrogens with zero attached hydrogens (tertiary/aromatic N) is 1. The monoisotopic (exact) mass is 263 g/mol. The molecule has 2 rings (SSSR count). The van der Waals surface area contributed by atoms with Crippen molar-refractivity contribution in [3.63, 3.8) is 0 Å². The summed E-state index contributed by atoms with van der Waals surface area (Å²) in [7, 11) is 0. The van der Waals surface area contributed by atoms with Gasteiger partial charge < -0.3 is 0 Å². The summed E-state index contributed by atoms with van der Waals surface area (Å²) in [6, 6.07) is 6.18. The van der Waals surface area contributed by atoms with E-state index in [0.717, 1.165) is 5.56 Å². The van der Waals surface area contributed by atoms with E-state index >= 15 is 0 Å². The maximum absolute atomic E-state index is 13.9. The Labute approximate surface area is 109 Å². The molecule has 18 heavy (non-hydrogen) atoms. The lowest BCUT2D eigenvalue weighted by atomic mass is 9.98. The summed E-state index contributed by atoms with van der Waals surface area (Å²) < 4.78 is 13.9. The molecule has 0 spiro atoms. The number of halogens is 2. The van der Waals surface area contributed by atoms with Gasteiger partial charge in [-0.25, -0.2) is 9.37 Å². The van der Waals surface area contributed by atoms with Crippen molar-refractivity contribution in [3.8, 4) is 0 Å². The minimum Gasteiger partial charge on any atom is -0.288 e. The number of aromatic nitrogens is 1. The Morgan fingerprint density at radius 3 is 2.56 bits per heavy atom. The molecule has 0 saturated carbocycles. The average Bonchev–Trinajstić information content (AvgIpc) is 2.28. The molecule has 0 aliphatic carbocycles. The Kier molecular flexibility index (Phi) is 3.43. The second-order valence-corrected chi connectivity index (χ2v) is 4.52. The van der Waals surface area contributed by atoms with E-state index in [1.54, 1.807) is 19.9 Å². The van der Waals surface area contributed by atoms with Crippen LogP contribution < -0.4 is 0 Å². The van der Waals surface area contributed by atoms with Crippen LogP contribution in [0.25, 0.3) is 0 Å². The van der Waals surface area contributed by atoms with Crippen LogP contribution in [-0.4, -0.2) is 10.8 Å². The summed E-state index contributed by atoms with van der Waals surface area (Å²) >= 11 is 5.65. The summed E-state index contributed by atoms with van der Waals surface area (Å²) in [4.78, 5) is 16.0. The first-order valence-electron chi connectivity index (χ1n) is 5.42. The van der Waals surface area contributed by atoms with Gasteiger partial charge in [-0.3, -0.25) is 4.79 Å². The molecular formula is C14H11ClFNO. The minimum atomic E-state index is -0.507. The number of aryl methyl sites for hydroxylation is 2. The Morgan fingerprint density at radius 1 is 1.28 bits per heavy atom. The highest BCUT2D eigenvalue weighted by molar-refractivity contribution is 6.29. The summed E-state index contributed by atoms with van der Waals surface area (Å²) in [5.74, 6) is -0.887. The molecule has 1 aromatic carbocycles. The molecular weight excluding hydrogens is 253 g/mol. The number of carbonyl (C=O) groups excluding carboxylic acids is 1. The zero-order chi connectivity index (χ0) is 13.3. The molecule has 2 aromatic rings. The fourth-order valence-corrected chi connectivity index (χ4v) is 1.97. The van der Waals surface area contributed by atoms with E-state index < -0.39 is 5.82 Å². The van der Waals surface area contributed by atoms with Crippen molar-refractivity contribution in [2.45, 2.75) is 13.8 Å². The van der Waals surface area contributed by atoms with Crippen LogP contribution in [0.15, 0.2) is 30.5 Å². The first-order valence-corrected chi connectivity index (χ1v) is 5.80. The second-order valence-electron chi connectivity index (χ2n) is 4.14. The van der Waals surface area contributed by atoms with Crippen LogP contribution in [0.5, 0.6) is 0 Å². The van der Waals surface area contributed by atoms with E-state index in [-0.39, 0.29) is 11.3 Å². The van der Waals surface area contributed by atoms with Crippen molar-refractivity contribution in [1.29, 1.82) is 0 Å². The predicted molar refractivity (Wildman–Crippen MR) is 68.6 cm³/mol. The van der Waals surface area contributed by atoms with Gasteiger partial charge in [-0.15, -0.1) is 0 Å². The van der Waals surface area contributed by atoms with Gasteiger partial charge in [-0.1, -0.05) is 17.7 Å². The van der Waals surface area contributed by atoms with Crippen LogP contribution in [0.1, 0.15) is 27.0 Å². The molecule has 0 aliphatic heterocycles.